The Kier molecular flexibility index (Phi) is 4.12. The third kappa shape index (κ3) is 2.86. The van der Waals surface area contributed by atoms with Crippen molar-refractivity contribution in [1.82, 2.24) is 9.97 Å². The second-order valence-electron chi connectivity index (χ2n) is 6.98. The van der Waals surface area contributed by atoms with Gasteiger partial charge in [-0.05, 0) is 43.9 Å². The Morgan fingerprint density at radius 1 is 1.16 bits per heavy atom. The van der Waals surface area contributed by atoms with Crippen LogP contribution in [-0.4, -0.2) is 35.5 Å². The van der Waals surface area contributed by atoms with Crippen molar-refractivity contribution in [3.05, 3.63) is 47.2 Å². The van der Waals surface area contributed by atoms with Gasteiger partial charge in [-0.25, -0.2) is 9.97 Å². The Labute approximate surface area is 152 Å². The summed E-state index contributed by atoms with van der Waals surface area (Å²) in [7, 11) is 0. The molecule has 4 rings (SSSR count). The van der Waals surface area contributed by atoms with E-state index in [1.807, 2.05) is 23.1 Å². The highest BCUT2D eigenvalue weighted by atomic mass is 35.5. The number of halogens is 1. The maximum absolute atomic E-state index is 13.3. The van der Waals surface area contributed by atoms with Crippen LogP contribution in [0.25, 0.3) is 0 Å². The average molecular weight is 357 g/mol. The largest absolute Gasteiger partial charge is 0.340 e. The summed E-state index contributed by atoms with van der Waals surface area (Å²) in [5.41, 5.74) is 1.82. The molecule has 6 heteroatoms. The summed E-state index contributed by atoms with van der Waals surface area (Å²) >= 11 is 6.01. The SMILES string of the molecule is Cc1ccccc1N1CC[C@@]2(CCCN(c3nccc(Cl)n3)C2)C1=O. The van der Waals surface area contributed by atoms with Crippen LogP contribution in [0.4, 0.5) is 11.6 Å². The fraction of sp³-hybridized carbons (Fsp3) is 0.421. The number of carbonyl (C=O) groups is 1. The van der Waals surface area contributed by atoms with Gasteiger partial charge in [0.25, 0.3) is 0 Å². The van der Waals surface area contributed by atoms with Crippen molar-refractivity contribution in [2.45, 2.75) is 26.2 Å². The zero-order chi connectivity index (χ0) is 17.4. The average Bonchev–Trinajstić information content (AvgIpc) is 2.92. The van der Waals surface area contributed by atoms with E-state index in [4.69, 9.17) is 11.6 Å². The van der Waals surface area contributed by atoms with Gasteiger partial charge in [0.2, 0.25) is 11.9 Å². The number of amides is 1. The highest BCUT2D eigenvalue weighted by Gasteiger charge is 2.49. The van der Waals surface area contributed by atoms with Crippen molar-refractivity contribution in [2.24, 2.45) is 5.41 Å². The van der Waals surface area contributed by atoms with E-state index >= 15 is 0 Å². The van der Waals surface area contributed by atoms with Gasteiger partial charge in [0.1, 0.15) is 5.15 Å². The quantitative estimate of drug-likeness (QED) is 0.773. The molecule has 0 N–H and O–H groups in total. The van der Waals surface area contributed by atoms with Gasteiger partial charge in [0.15, 0.2) is 0 Å². The van der Waals surface area contributed by atoms with E-state index in [0.29, 0.717) is 17.6 Å². The molecule has 2 saturated heterocycles. The third-order valence-corrected chi connectivity index (χ3v) is 5.60. The molecule has 5 nitrogen and oxygen atoms in total. The lowest BCUT2D eigenvalue weighted by Crippen LogP contribution is -2.48. The second-order valence-corrected chi connectivity index (χ2v) is 7.37. The molecular formula is C19H21ClN4O. The van der Waals surface area contributed by atoms with Crippen LogP contribution >= 0.6 is 11.6 Å². The van der Waals surface area contributed by atoms with Crippen LogP contribution in [0.1, 0.15) is 24.8 Å². The molecular weight excluding hydrogens is 336 g/mol. The number of anilines is 2. The highest BCUT2D eigenvalue weighted by Crippen LogP contribution is 2.43. The molecule has 0 aliphatic carbocycles. The van der Waals surface area contributed by atoms with Crippen LogP contribution in [0, 0.1) is 12.3 Å². The van der Waals surface area contributed by atoms with Gasteiger partial charge in [-0.2, -0.15) is 0 Å². The topological polar surface area (TPSA) is 49.3 Å². The van der Waals surface area contributed by atoms with Crippen molar-refractivity contribution < 1.29 is 4.79 Å². The van der Waals surface area contributed by atoms with Crippen LogP contribution in [0.3, 0.4) is 0 Å². The Hall–Kier alpha value is -2.14. The maximum Gasteiger partial charge on any atom is 0.235 e. The minimum absolute atomic E-state index is 0.230. The molecule has 130 valence electrons. The molecule has 1 atom stereocenters. The smallest absolute Gasteiger partial charge is 0.235 e. The van der Waals surface area contributed by atoms with Crippen molar-refractivity contribution in [3.8, 4) is 0 Å². The third-order valence-electron chi connectivity index (χ3n) is 5.39. The van der Waals surface area contributed by atoms with Crippen LogP contribution in [0.5, 0.6) is 0 Å². The second kappa shape index (κ2) is 6.30. The van der Waals surface area contributed by atoms with E-state index in [0.717, 1.165) is 43.6 Å². The van der Waals surface area contributed by atoms with Crippen LogP contribution < -0.4 is 9.80 Å². The first-order valence-corrected chi connectivity index (χ1v) is 9.08. The molecule has 1 amide bonds. The number of nitrogens with zero attached hydrogens (tertiary/aromatic N) is 4. The van der Waals surface area contributed by atoms with Gasteiger partial charge in [-0.1, -0.05) is 29.8 Å². The number of hydrogen-bond donors (Lipinski definition) is 0. The summed E-state index contributed by atoms with van der Waals surface area (Å²) < 4.78 is 0. The van der Waals surface area contributed by atoms with Gasteiger partial charge in [-0.3, -0.25) is 4.79 Å². The minimum Gasteiger partial charge on any atom is -0.340 e. The Morgan fingerprint density at radius 2 is 2.00 bits per heavy atom. The molecule has 2 aromatic rings. The first-order valence-electron chi connectivity index (χ1n) is 8.70. The van der Waals surface area contributed by atoms with Crippen molar-refractivity contribution in [3.63, 3.8) is 0 Å². The van der Waals surface area contributed by atoms with Gasteiger partial charge >= 0.3 is 0 Å². The number of aromatic nitrogens is 2. The molecule has 3 heterocycles. The van der Waals surface area contributed by atoms with Gasteiger partial charge in [0.05, 0.1) is 5.41 Å². The number of para-hydroxylation sites is 1. The summed E-state index contributed by atoms with van der Waals surface area (Å²) in [6.45, 7) is 4.35. The number of benzene rings is 1. The fourth-order valence-electron chi connectivity index (χ4n) is 4.08. The van der Waals surface area contributed by atoms with E-state index < -0.39 is 0 Å². The molecule has 2 aliphatic heterocycles. The van der Waals surface area contributed by atoms with Gasteiger partial charge < -0.3 is 9.80 Å². The predicted molar refractivity (Wildman–Crippen MR) is 99.1 cm³/mol. The molecule has 2 aliphatic rings. The molecule has 1 spiro atoms. The van der Waals surface area contributed by atoms with E-state index in [-0.39, 0.29) is 11.3 Å². The summed E-state index contributed by atoms with van der Waals surface area (Å²) in [6.07, 6.45) is 4.42. The lowest BCUT2D eigenvalue weighted by molar-refractivity contribution is -0.126. The van der Waals surface area contributed by atoms with Gasteiger partial charge in [0, 0.05) is 31.5 Å². The zero-order valence-electron chi connectivity index (χ0n) is 14.3. The lowest BCUT2D eigenvalue weighted by Gasteiger charge is -2.39. The van der Waals surface area contributed by atoms with Crippen molar-refractivity contribution >= 4 is 29.1 Å². The lowest BCUT2D eigenvalue weighted by atomic mass is 9.78. The van der Waals surface area contributed by atoms with Crippen molar-refractivity contribution in [2.75, 3.05) is 29.4 Å². The number of hydrogen-bond acceptors (Lipinski definition) is 4. The normalized spacial score (nSPS) is 23.5. The van der Waals surface area contributed by atoms with Crippen LogP contribution in [-0.2, 0) is 4.79 Å². The zero-order valence-corrected chi connectivity index (χ0v) is 15.0. The molecule has 0 bridgehead atoms. The van der Waals surface area contributed by atoms with Crippen LogP contribution in [0.2, 0.25) is 5.15 Å². The molecule has 25 heavy (non-hydrogen) atoms. The number of piperidine rings is 1. The standard InChI is InChI=1S/C19H21ClN4O/c1-14-5-2-3-6-15(14)24-12-9-19(17(24)25)8-4-11-23(13-19)18-21-10-7-16(20)22-18/h2-3,5-7,10H,4,8-9,11-13H2,1H3/t19-/m1/s1. The minimum atomic E-state index is -0.341. The van der Waals surface area contributed by atoms with E-state index in [2.05, 4.69) is 27.9 Å². The molecule has 0 radical (unpaired) electrons. The predicted octanol–water partition coefficient (Wildman–Crippen LogP) is 3.46. The molecule has 2 fully saturated rings. The van der Waals surface area contributed by atoms with E-state index in [1.54, 1.807) is 12.3 Å². The monoisotopic (exact) mass is 356 g/mol. The Morgan fingerprint density at radius 3 is 2.80 bits per heavy atom. The maximum atomic E-state index is 13.3. The molecule has 1 aromatic carbocycles. The van der Waals surface area contributed by atoms with Crippen molar-refractivity contribution in [1.29, 1.82) is 0 Å². The molecule has 0 unspecified atom stereocenters. The first-order chi connectivity index (χ1) is 12.1. The fourth-order valence-corrected chi connectivity index (χ4v) is 4.21. The Bertz CT molecular complexity index is 812. The highest BCUT2D eigenvalue weighted by molar-refractivity contribution is 6.29. The van der Waals surface area contributed by atoms with Gasteiger partial charge in [-0.15, -0.1) is 0 Å². The summed E-state index contributed by atoms with van der Waals surface area (Å²) in [4.78, 5) is 26.0. The number of aryl methyl sites for hydroxylation is 1. The summed E-state index contributed by atoms with van der Waals surface area (Å²) in [6, 6.07) is 9.76. The van der Waals surface area contributed by atoms with E-state index in [9.17, 15) is 4.79 Å². The summed E-state index contributed by atoms with van der Waals surface area (Å²) in [5, 5.41) is 0.434. The Balaban J connectivity index is 1.60. The van der Waals surface area contributed by atoms with E-state index in [1.165, 1.54) is 0 Å². The number of carbonyl (C=O) groups excluding carboxylic acids is 1. The first kappa shape index (κ1) is 16.3. The molecule has 0 saturated carbocycles. The van der Waals surface area contributed by atoms with Crippen LogP contribution in [0.15, 0.2) is 36.5 Å². The summed E-state index contributed by atoms with van der Waals surface area (Å²) in [5.74, 6) is 0.849. The molecule has 1 aromatic heterocycles. The number of rotatable bonds is 2.